The Balaban J connectivity index is 1.90. The number of azo groups is 2. The summed E-state index contributed by atoms with van der Waals surface area (Å²) in [6.07, 6.45) is 0. The van der Waals surface area contributed by atoms with Crippen LogP contribution < -0.4 is 0 Å². The highest BCUT2D eigenvalue weighted by atomic mass is 15.2. The molecule has 0 saturated carbocycles. The molecule has 4 aromatic carbocycles. The molecule has 0 aliphatic carbocycles. The maximum absolute atomic E-state index is 4.66. The van der Waals surface area contributed by atoms with E-state index in [0.29, 0.717) is 11.4 Å². The van der Waals surface area contributed by atoms with Crippen LogP contribution in [-0.2, 0) is 0 Å². The van der Waals surface area contributed by atoms with Crippen LogP contribution in [0.3, 0.4) is 0 Å². The van der Waals surface area contributed by atoms with E-state index in [1.165, 1.54) is 11.1 Å². The van der Waals surface area contributed by atoms with E-state index in [4.69, 9.17) is 0 Å². The second-order valence-corrected chi connectivity index (χ2v) is 7.50. The molecule has 0 aromatic heterocycles. The first-order valence-electron chi connectivity index (χ1n) is 10.5. The van der Waals surface area contributed by atoms with Gasteiger partial charge in [-0.05, 0) is 38.1 Å². The van der Waals surface area contributed by atoms with Gasteiger partial charge in [0.25, 0.3) is 0 Å². The molecule has 4 heteroatoms. The molecule has 0 N–H and O–H groups in total. The lowest BCUT2D eigenvalue weighted by atomic mass is 10.0. The Kier molecular flexibility index (Phi) is 6.73. The molecular weight excluding hydrogens is 392 g/mol. The fourth-order valence-corrected chi connectivity index (χ4v) is 3.11. The van der Waals surface area contributed by atoms with Gasteiger partial charge in [-0.15, -0.1) is 10.2 Å². The largest absolute Gasteiger partial charge is 0.150 e. The standard InChI is InChI=1S/C28H24N4/c1-21-13-17-23(18-14-21)27(31-29-25-9-5-3-6-10-25)28(24-19-15-22(2)16-20-24)32-30-26-11-7-4-8-12-26/h3-20H,1-2H3/b28-27-,31-29?,32-30?. The van der Waals surface area contributed by atoms with E-state index in [9.17, 15) is 0 Å². The van der Waals surface area contributed by atoms with Crippen molar-refractivity contribution in [3.8, 4) is 0 Å². The van der Waals surface area contributed by atoms with E-state index in [2.05, 4.69) is 58.6 Å². The van der Waals surface area contributed by atoms with Crippen LogP contribution in [0.4, 0.5) is 11.4 Å². The van der Waals surface area contributed by atoms with Crippen molar-refractivity contribution in [2.45, 2.75) is 13.8 Å². The molecule has 0 amide bonds. The average molecular weight is 417 g/mol. The molecule has 0 fully saturated rings. The topological polar surface area (TPSA) is 49.4 Å². The zero-order valence-electron chi connectivity index (χ0n) is 18.2. The molecule has 0 unspecified atom stereocenters. The Bertz CT molecular complexity index is 1140. The molecule has 4 nitrogen and oxygen atoms in total. The van der Waals surface area contributed by atoms with Gasteiger partial charge >= 0.3 is 0 Å². The molecule has 156 valence electrons. The molecule has 0 saturated heterocycles. The number of aryl methyl sites for hydroxylation is 2. The van der Waals surface area contributed by atoms with Crippen LogP contribution in [-0.4, -0.2) is 0 Å². The van der Waals surface area contributed by atoms with Gasteiger partial charge in [0.1, 0.15) is 11.4 Å². The lowest BCUT2D eigenvalue weighted by Gasteiger charge is -2.09. The van der Waals surface area contributed by atoms with Crippen molar-refractivity contribution in [3.05, 3.63) is 131 Å². The summed E-state index contributed by atoms with van der Waals surface area (Å²) < 4.78 is 0. The molecule has 4 aromatic rings. The smallest absolute Gasteiger partial charge is 0.121 e. The Hall–Kier alpha value is -4.18. The first-order valence-corrected chi connectivity index (χ1v) is 10.5. The first kappa shape index (κ1) is 21.1. The molecule has 0 radical (unpaired) electrons. The molecule has 0 aliphatic rings. The predicted molar refractivity (Wildman–Crippen MR) is 131 cm³/mol. The van der Waals surface area contributed by atoms with Gasteiger partial charge in [0.15, 0.2) is 0 Å². The lowest BCUT2D eigenvalue weighted by Crippen LogP contribution is -1.90. The zero-order valence-corrected chi connectivity index (χ0v) is 18.2. The first-order chi connectivity index (χ1) is 15.7. The molecular formula is C28H24N4. The van der Waals surface area contributed by atoms with Gasteiger partial charge in [-0.25, -0.2) is 0 Å². The van der Waals surface area contributed by atoms with Gasteiger partial charge in [0.05, 0.1) is 11.4 Å². The number of hydrogen-bond acceptors (Lipinski definition) is 4. The monoisotopic (exact) mass is 416 g/mol. The van der Waals surface area contributed by atoms with Crippen LogP contribution in [0, 0.1) is 13.8 Å². The lowest BCUT2D eigenvalue weighted by molar-refractivity contribution is 1.19. The van der Waals surface area contributed by atoms with E-state index < -0.39 is 0 Å². The third-order valence-corrected chi connectivity index (χ3v) is 4.92. The van der Waals surface area contributed by atoms with E-state index >= 15 is 0 Å². The van der Waals surface area contributed by atoms with E-state index in [1.807, 2.05) is 84.9 Å². The van der Waals surface area contributed by atoms with Crippen LogP contribution in [0.1, 0.15) is 22.3 Å². The van der Waals surface area contributed by atoms with Crippen LogP contribution in [0.2, 0.25) is 0 Å². The summed E-state index contributed by atoms with van der Waals surface area (Å²) in [4.78, 5) is 0. The normalized spacial score (nSPS) is 12.3. The van der Waals surface area contributed by atoms with E-state index in [-0.39, 0.29) is 0 Å². The third-order valence-electron chi connectivity index (χ3n) is 4.92. The predicted octanol–water partition coefficient (Wildman–Crippen LogP) is 8.70. The second-order valence-electron chi connectivity index (χ2n) is 7.50. The number of rotatable bonds is 6. The van der Waals surface area contributed by atoms with Gasteiger partial charge < -0.3 is 0 Å². The average Bonchev–Trinajstić information content (AvgIpc) is 2.84. The van der Waals surface area contributed by atoms with Crippen molar-refractivity contribution in [3.63, 3.8) is 0 Å². The van der Waals surface area contributed by atoms with Crippen molar-refractivity contribution in [1.29, 1.82) is 0 Å². The van der Waals surface area contributed by atoms with Crippen molar-refractivity contribution in [2.75, 3.05) is 0 Å². The van der Waals surface area contributed by atoms with Gasteiger partial charge in [-0.1, -0.05) is 96.1 Å². The minimum Gasteiger partial charge on any atom is -0.150 e. The molecule has 0 aliphatic heterocycles. The van der Waals surface area contributed by atoms with Gasteiger partial charge in [-0.2, -0.15) is 10.2 Å². The van der Waals surface area contributed by atoms with Crippen molar-refractivity contribution < 1.29 is 0 Å². The summed E-state index contributed by atoms with van der Waals surface area (Å²) in [5.41, 5.74) is 7.10. The van der Waals surface area contributed by atoms with Crippen molar-refractivity contribution in [1.82, 2.24) is 0 Å². The summed E-state index contributed by atoms with van der Waals surface area (Å²) in [6, 6.07) is 35.8. The molecule has 0 bridgehead atoms. The SMILES string of the molecule is Cc1ccc(/C(N=Nc2ccccc2)=C(/N=Nc2ccccc2)c2ccc(C)cc2)cc1. The molecule has 0 atom stereocenters. The summed E-state index contributed by atoms with van der Waals surface area (Å²) in [5.74, 6) is 0. The number of nitrogens with zero attached hydrogens (tertiary/aromatic N) is 4. The summed E-state index contributed by atoms with van der Waals surface area (Å²) in [5, 5.41) is 18.3. The quantitative estimate of drug-likeness (QED) is 0.223. The second kappa shape index (κ2) is 10.2. The fourth-order valence-electron chi connectivity index (χ4n) is 3.11. The minimum atomic E-state index is 0.664. The fraction of sp³-hybridized carbons (Fsp3) is 0.0714. The van der Waals surface area contributed by atoms with Gasteiger partial charge in [0, 0.05) is 11.1 Å². The maximum atomic E-state index is 4.66. The van der Waals surface area contributed by atoms with E-state index in [1.54, 1.807) is 0 Å². The molecule has 0 spiro atoms. The van der Waals surface area contributed by atoms with Crippen LogP contribution in [0.25, 0.3) is 11.4 Å². The van der Waals surface area contributed by atoms with Gasteiger partial charge in [-0.3, -0.25) is 0 Å². The molecule has 0 heterocycles. The molecule has 32 heavy (non-hydrogen) atoms. The van der Waals surface area contributed by atoms with Crippen LogP contribution in [0.15, 0.2) is 130 Å². The minimum absolute atomic E-state index is 0.664. The van der Waals surface area contributed by atoms with Crippen LogP contribution in [0.5, 0.6) is 0 Å². The Morgan fingerprint density at radius 3 is 1.12 bits per heavy atom. The summed E-state index contributed by atoms with van der Waals surface area (Å²) in [6.45, 7) is 4.13. The summed E-state index contributed by atoms with van der Waals surface area (Å²) >= 11 is 0. The maximum Gasteiger partial charge on any atom is 0.121 e. The Labute approximate surface area is 188 Å². The van der Waals surface area contributed by atoms with Crippen molar-refractivity contribution >= 4 is 22.8 Å². The Morgan fingerprint density at radius 1 is 0.438 bits per heavy atom. The summed E-state index contributed by atoms with van der Waals surface area (Å²) in [7, 11) is 0. The van der Waals surface area contributed by atoms with Crippen LogP contribution >= 0.6 is 0 Å². The highest BCUT2D eigenvalue weighted by Gasteiger charge is 2.13. The molecule has 4 rings (SSSR count). The zero-order chi connectivity index (χ0) is 22.2. The number of hydrogen-bond donors (Lipinski definition) is 0. The Morgan fingerprint density at radius 2 is 0.781 bits per heavy atom. The van der Waals surface area contributed by atoms with E-state index in [0.717, 1.165) is 22.5 Å². The number of benzene rings is 4. The highest BCUT2D eigenvalue weighted by molar-refractivity contribution is 5.89. The van der Waals surface area contributed by atoms with Crippen molar-refractivity contribution in [2.24, 2.45) is 20.5 Å². The van der Waals surface area contributed by atoms with Gasteiger partial charge in [0.2, 0.25) is 0 Å². The highest BCUT2D eigenvalue weighted by Crippen LogP contribution is 2.32. The third kappa shape index (κ3) is 5.49.